The lowest BCUT2D eigenvalue weighted by Crippen LogP contribution is -2.33. The summed E-state index contributed by atoms with van der Waals surface area (Å²) in [6.07, 6.45) is 5.28. The van der Waals surface area contributed by atoms with Gasteiger partial charge >= 0.3 is 0 Å². The largest absolute Gasteiger partial charge is 0.357 e. The van der Waals surface area contributed by atoms with Crippen LogP contribution in [0.5, 0.6) is 0 Å². The number of fused-ring (bicyclic) bond motifs is 1. The summed E-state index contributed by atoms with van der Waals surface area (Å²) in [6.45, 7) is 4.24. The maximum atomic E-state index is 6.05. The van der Waals surface area contributed by atoms with Crippen molar-refractivity contribution in [1.82, 2.24) is 15.2 Å². The first kappa shape index (κ1) is 15.5. The van der Waals surface area contributed by atoms with Crippen molar-refractivity contribution < 1.29 is 0 Å². The lowest BCUT2D eigenvalue weighted by Gasteiger charge is -2.32. The number of aromatic nitrogens is 3. The Bertz CT molecular complexity index is 849. The fourth-order valence-corrected chi connectivity index (χ4v) is 3.80. The topological polar surface area (TPSA) is 44.8 Å². The van der Waals surface area contributed by atoms with E-state index in [0.717, 1.165) is 54.1 Å². The number of pyridine rings is 1. The van der Waals surface area contributed by atoms with Crippen LogP contribution in [0.25, 0.3) is 10.9 Å². The highest BCUT2D eigenvalue weighted by molar-refractivity contribution is 6.31. The molecule has 2 aromatic heterocycles. The first-order valence-corrected chi connectivity index (χ1v) is 8.96. The van der Waals surface area contributed by atoms with Crippen molar-refractivity contribution in [2.75, 3.05) is 18.0 Å². The number of halogens is 1. The fraction of sp³-hybridized carbons (Fsp3) is 0.368. The van der Waals surface area contributed by atoms with Crippen molar-refractivity contribution in [1.29, 1.82) is 0 Å². The van der Waals surface area contributed by atoms with E-state index in [1.165, 1.54) is 11.3 Å². The molecule has 0 saturated carbocycles. The third kappa shape index (κ3) is 2.86. The first-order valence-electron chi connectivity index (χ1n) is 8.58. The Labute approximate surface area is 146 Å². The van der Waals surface area contributed by atoms with Crippen LogP contribution in [-0.2, 0) is 6.42 Å². The summed E-state index contributed by atoms with van der Waals surface area (Å²) in [5.41, 5.74) is 3.69. The van der Waals surface area contributed by atoms with Crippen LogP contribution in [0.2, 0.25) is 5.02 Å². The Hall–Kier alpha value is -2.07. The van der Waals surface area contributed by atoms with Crippen molar-refractivity contribution in [3.05, 3.63) is 52.8 Å². The van der Waals surface area contributed by atoms with Crippen LogP contribution >= 0.6 is 11.6 Å². The van der Waals surface area contributed by atoms with Crippen molar-refractivity contribution in [2.24, 2.45) is 0 Å². The van der Waals surface area contributed by atoms with Crippen LogP contribution in [0.1, 0.15) is 36.9 Å². The van der Waals surface area contributed by atoms with Gasteiger partial charge in [-0.3, -0.25) is 5.10 Å². The molecule has 1 N–H and O–H groups in total. The minimum Gasteiger partial charge on any atom is -0.357 e. The molecule has 5 heteroatoms. The number of hydrogen-bond donors (Lipinski definition) is 1. The molecule has 0 bridgehead atoms. The molecular weight excluding hydrogens is 320 g/mol. The van der Waals surface area contributed by atoms with Crippen LogP contribution in [-0.4, -0.2) is 28.3 Å². The second-order valence-electron chi connectivity index (χ2n) is 6.43. The molecular formula is C19H21ClN4. The van der Waals surface area contributed by atoms with E-state index in [1.54, 1.807) is 0 Å². The average molecular weight is 341 g/mol. The molecule has 0 atom stereocenters. The minimum atomic E-state index is 0.581. The van der Waals surface area contributed by atoms with Crippen molar-refractivity contribution >= 4 is 28.3 Å². The highest BCUT2D eigenvalue weighted by atomic mass is 35.5. The maximum absolute atomic E-state index is 6.05. The molecule has 1 aliphatic heterocycles. The molecule has 0 radical (unpaired) electrons. The normalized spacial score (nSPS) is 16.0. The molecule has 24 heavy (non-hydrogen) atoms. The molecule has 4 rings (SSSR count). The number of H-pyrrole nitrogens is 1. The van der Waals surface area contributed by atoms with Crippen LogP contribution in [0, 0.1) is 0 Å². The minimum absolute atomic E-state index is 0.581. The molecule has 1 fully saturated rings. The summed E-state index contributed by atoms with van der Waals surface area (Å²) >= 11 is 6.05. The van der Waals surface area contributed by atoms with Gasteiger partial charge in [0.2, 0.25) is 0 Å². The van der Waals surface area contributed by atoms with Crippen LogP contribution in [0.4, 0.5) is 5.82 Å². The first-order chi connectivity index (χ1) is 11.7. The molecule has 3 heterocycles. The lowest BCUT2D eigenvalue weighted by atomic mass is 9.91. The number of rotatable bonds is 3. The van der Waals surface area contributed by atoms with Gasteiger partial charge in [0.1, 0.15) is 5.82 Å². The number of aromatic amines is 1. The van der Waals surface area contributed by atoms with Gasteiger partial charge in [-0.2, -0.15) is 5.10 Å². The van der Waals surface area contributed by atoms with Gasteiger partial charge in [0.25, 0.3) is 0 Å². The summed E-state index contributed by atoms with van der Waals surface area (Å²) in [4.78, 5) is 7.19. The SMILES string of the molecule is CCc1cn[nH]c1C1CCN(c2ccc3cc(Cl)ccc3n2)CC1. The third-order valence-corrected chi connectivity index (χ3v) is 5.23. The van der Waals surface area contributed by atoms with Gasteiger partial charge in [-0.15, -0.1) is 0 Å². The lowest BCUT2D eigenvalue weighted by molar-refractivity contribution is 0.491. The average Bonchev–Trinajstić information content (AvgIpc) is 3.10. The van der Waals surface area contributed by atoms with Gasteiger partial charge in [-0.1, -0.05) is 18.5 Å². The summed E-state index contributed by atoms with van der Waals surface area (Å²) in [7, 11) is 0. The monoisotopic (exact) mass is 340 g/mol. The molecule has 0 amide bonds. The quantitative estimate of drug-likeness (QED) is 0.760. The van der Waals surface area contributed by atoms with Gasteiger partial charge < -0.3 is 4.90 Å². The number of piperidine rings is 1. The Balaban J connectivity index is 1.50. The molecule has 0 unspecified atom stereocenters. The van der Waals surface area contributed by atoms with Gasteiger partial charge in [-0.25, -0.2) is 4.98 Å². The predicted octanol–water partition coefficient (Wildman–Crippen LogP) is 4.56. The van der Waals surface area contributed by atoms with Crippen LogP contribution in [0.3, 0.4) is 0 Å². The second-order valence-corrected chi connectivity index (χ2v) is 6.87. The number of nitrogens with one attached hydrogen (secondary N) is 1. The van der Waals surface area contributed by atoms with E-state index in [2.05, 4.69) is 34.2 Å². The van der Waals surface area contributed by atoms with Gasteiger partial charge in [0, 0.05) is 35.1 Å². The number of nitrogens with zero attached hydrogens (tertiary/aromatic N) is 3. The summed E-state index contributed by atoms with van der Waals surface area (Å²) in [5.74, 6) is 1.64. The van der Waals surface area contributed by atoms with E-state index in [9.17, 15) is 0 Å². The van der Waals surface area contributed by atoms with Crippen LogP contribution in [0.15, 0.2) is 36.5 Å². The molecule has 1 aromatic carbocycles. The number of anilines is 1. The molecule has 124 valence electrons. The fourth-order valence-electron chi connectivity index (χ4n) is 3.62. The number of benzene rings is 1. The summed E-state index contributed by atoms with van der Waals surface area (Å²) in [6, 6.07) is 10.1. The molecule has 0 spiro atoms. The van der Waals surface area contributed by atoms with E-state index in [-0.39, 0.29) is 0 Å². The third-order valence-electron chi connectivity index (χ3n) is 5.00. The smallest absolute Gasteiger partial charge is 0.129 e. The number of aryl methyl sites for hydroxylation is 1. The zero-order valence-electron chi connectivity index (χ0n) is 13.8. The zero-order valence-corrected chi connectivity index (χ0v) is 14.6. The van der Waals surface area contributed by atoms with E-state index in [4.69, 9.17) is 16.6 Å². The van der Waals surface area contributed by atoms with Gasteiger partial charge in [-0.05, 0) is 55.2 Å². The van der Waals surface area contributed by atoms with Gasteiger partial charge in [0.15, 0.2) is 0 Å². The highest BCUT2D eigenvalue weighted by Crippen LogP contribution is 2.31. The molecule has 0 aliphatic carbocycles. The van der Waals surface area contributed by atoms with E-state index < -0.39 is 0 Å². The Kier molecular flexibility index (Phi) is 4.15. The van der Waals surface area contributed by atoms with E-state index in [0.29, 0.717) is 5.92 Å². The number of hydrogen-bond acceptors (Lipinski definition) is 3. The van der Waals surface area contributed by atoms with Crippen molar-refractivity contribution in [3.63, 3.8) is 0 Å². The standard InChI is InChI=1S/C19H21ClN4/c1-2-13-12-21-23-19(13)14-7-9-24(10-8-14)18-6-3-15-11-16(20)4-5-17(15)22-18/h3-6,11-12,14H,2,7-10H2,1H3,(H,21,23). The van der Waals surface area contributed by atoms with Gasteiger partial charge in [0.05, 0.1) is 11.7 Å². The zero-order chi connectivity index (χ0) is 16.5. The second kappa shape index (κ2) is 6.44. The highest BCUT2D eigenvalue weighted by Gasteiger charge is 2.24. The Morgan fingerprint density at radius 1 is 1.21 bits per heavy atom. The Morgan fingerprint density at radius 2 is 2.04 bits per heavy atom. The summed E-state index contributed by atoms with van der Waals surface area (Å²) < 4.78 is 0. The maximum Gasteiger partial charge on any atom is 0.129 e. The predicted molar refractivity (Wildman–Crippen MR) is 98.9 cm³/mol. The summed E-state index contributed by atoms with van der Waals surface area (Å²) in [5, 5.41) is 9.28. The molecule has 1 saturated heterocycles. The Morgan fingerprint density at radius 3 is 2.83 bits per heavy atom. The van der Waals surface area contributed by atoms with Crippen molar-refractivity contribution in [2.45, 2.75) is 32.1 Å². The molecule has 3 aromatic rings. The van der Waals surface area contributed by atoms with Crippen molar-refractivity contribution in [3.8, 4) is 0 Å². The van der Waals surface area contributed by atoms with E-state index >= 15 is 0 Å². The van der Waals surface area contributed by atoms with Crippen LogP contribution < -0.4 is 4.90 Å². The molecule has 1 aliphatic rings. The van der Waals surface area contributed by atoms with E-state index in [1.807, 2.05) is 24.4 Å². The molecule has 4 nitrogen and oxygen atoms in total.